The van der Waals surface area contributed by atoms with E-state index in [1.807, 2.05) is 30.3 Å². The van der Waals surface area contributed by atoms with Crippen LogP contribution in [0.15, 0.2) is 85.2 Å². The molecular weight excluding hydrogens is 344 g/mol. The van der Waals surface area contributed by atoms with Crippen molar-refractivity contribution in [2.45, 2.75) is 0 Å². The van der Waals surface area contributed by atoms with Gasteiger partial charge in [0.1, 0.15) is 29.1 Å². The summed E-state index contributed by atoms with van der Waals surface area (Å²) in [6.45, 7) is 0. The number of benzene rings is 3. The fourth-order valence-electron chi connectivity index (χ4n) is 2.45. The van der Waals surface area contributed by atoms with E-state index < -0.39 is 5.97 Å². The Bertz CT molecular complexity index is 1030. The summed E-state index contributed by atoms with van der Waals surface area (Å²) in [5.41, 5.74) is 1.10. The molecule has 0 saturated carbocycles. The smallest absolute Gasteiger partial charge is 0.347 e. The van der Waals surface area contributed by atoms with E-state index in [4.69, 9.17) is 9.47 Å². The molecule has 1 aromatic heterocycles. The zero-order valence-electron chi connectivity index (χ0n) is 14.1. The second-order valence-electron chi connectivity index (χ2n) is 5.55. The maximum atomic E-state index is 12.6. The molecule has 27 heavy (non-hydrogen) atoms. The number of aromatic nitrogens is 4. The lowest BCUT2D eigenvalue weighted by molar-refractivity contribution is 0.0732. The molecule has 1 heterocycles. The van der Waals surface area contributed by atoms with Gasteiger partial charge in [0, 0.05) is 0 Å². The van der Waals surface area contributed by atoms with Crippen molar-refractivity contribution < 1.29 is 14.3 Å². The topological polar surface area (TPSA) is 79.1 Å². The number of esters is 1. The van der Waals surface area contributed by atoms with E-state index in [9.17, 15) is 4.79 Å². The van der Waals surface area contributed by atoms with Crippen LogP contribution in [0.5, 0.6) is 17.2 Å². The van der Waals surface area contributed by atoms with Gasteiger partial charge in [-0.2, -0.15) is 0 Å². The number of carbonyl (C=O) groups is 1. The first-order valence-corrected chi connectivity index (χ1v) is 8.17. The quantitative estimate of drug-likeness (QED) is 0.400. The molecular formula is C20H14N4O3. The minimum Gasteiger partial charge on any atom is -0.456 e. The van der Waals surface area contributed by atoms with Crippen molar-refractivity contribution >= 4 is 5.97 Å². The first kappa shape index (κ1) is 16.5. The minimum absolute atomic E-state index is 0.339. The summed E-state index contributed by atoms with van der Waals surface area (Å²) in [6, 6.07) is 23.1. The van der Waals surface area contributed by atoms with Crippen LogP contribution < -0.4 is 9.47 Å². The molecule has 3 aromatic carbocycles. The van der Waals surface area contributed by atoms with Gasteiger partial charge in [-0.3, -0.25) is 0 Å². The second-order valence-corrected chi connectivity index (χ2v) is 5.55. The molecule has 7 heteroatoms. The average molecular weight is 358 g/mol. The largest absolute Gasteiger partial charge is 0.456 e. The lowest BCUT2D eigenvalue weighted by atomic mass is 10.2. The van der Waals surface area contributed by atoms with Gasteiger partial charge in [-0.15, -0.1) is 5.10 Å². The lowest BCUT2D eigenvalue weighted by Gasteiger charge is -2.11. The first-order chi connectivity index (χ1) is 13.3. The number of rotatable bonds is 5. The molecule has 4 aromatic rings. The molecule has 4 rings (SSSR count). The molecule has 0 atom stereocenters. The van der Waals surface area contributed by atoms with Crippen LogP contribution in [-0.2, 0) is 0 Å². The van der Waals surface area contributed by atoms with Gasteiger partial charge < -0.3 is 9.47 Å². The maximum absolute atomic E-state index is 12.6. The van der Waals surface area contributed by atoms with E-state index in [1.165, 1.54) is 11.0 Å². The van der Waals surface area contributed by atoms with Crippen LogP contribution in [0.1, 0.15) is 10.4 Å². The lowest BCUT2D eigenvalue weighted by Crippen LogP contribution is -2.10. The third-order valence-electron chi connectivity index (χ3n) is 3.74. The van der Waals surface area contributed by atoms with E-state index in [0.717, 1.165) is 5.69 Å². The summed E-state index contributed by atoms with van der Waals surface area (Å²) in [5.74, 6) is 0.977. The van der Waals surface area contributed by atoms with Crippen molar-refractivity contribution in [3.63, 3.8) is 0 Å². The van der Waals surface area contributed by atoms with Gasteiger partial charge in [0.25, 0.3) is 0 Å². The van der Waals surface area contributed by atoms with Crippen molar-refractivity contribution in [3.05, 3.63) is 90.8 Å². The van der Waals surface area contributed by atoms with Gasteiger partial charge in [-0.25, -0.2) is 9.48 Å². The van der Waals surface area contributed by atoms with Gasteiger partial charge in [0.2, 0.25) is 0 Å². The van der Waals surface area contributed by atoms with Crippen LogP contribution in [-0.4, -0.2) is 26.2 Å². The molecule has 0 spiro atoms. The molecule has 132 valence electrons. The molecule has 0 bridgehead atoms. The normalized spacial score (nSPS) is 10.4. The number of para-hydroxylation sites is 2. The Morgan fingerprint density at radius 2 is 1.56 bits per heavy atom. The molecule has 0 aliphatic heterocycles. The molecule has 0 fully saturated rings. The minimum atomic E-state index is -0.503. The number of nitrogens with zero attached hydrogens (tertiary/aromatic N) is 4. The highest BCUT2D eigenvalue weighted by atomic mass is 16.5. The van der Waals surface area contributed by atoms with Crippen molar-refractivity contribution in [3.8, 4) is 22.9 Å². The zero-order chi connectivity index (χ0) is 18.5. The number of hydrogen-bond donors (Lipinski definition) is 0. The summed E-state index contributed by atoms with van der Waals surface area (Å²) in [5, 5.41) is 11.0. The molecule has 0 radical (unpaired) electrons. The predicted molar refractivity (Wildman–Crippen MR) is 97.1 cm³/mol. The van der Waals surface area contributed by atoms with E-state index >= 15 is 0 Å². The van der Waals surface area contributed by atoms with Crippen LogP contribution in [0, 0.1) is 0 Å². The van der Waals surface area contributed by atoms with Gasteiger partial charge >= 0.3 is 5.97 Å². The SMILES string of the molecule is O=C(Oc1ccc(-n2cnnn2)cc1)c1ccccc1Oc1ccccc1. The van der Waals surface area contributed by atoms with Crippen LogP contribution >= 0.6 is 0 Å². The molecule has 0 unspecified atom stereocenters. The zero-order valence-corrected chi connectivity index (χ0v) is 14.1. The third-order valence-corrected chi connectivity index (χ3v) is 3.74. The van der Waals surface area contributed by atoms with Crippen LogP contribution in [0.25, 0.3) is 5.69 Å². The molecule has 0 aliphatic rings. The van der Waals surface area contributed by atoms with E-state index in [2.05, 4.69) is 15.5 Å². The van der Waals surface area contributed by atoms with Gasteiger partial charge in [-0.1, -0.05) is 30.3 Å². The van der Waals surface area contributed by atoms with Crippen LogP contribution in [0.4, 0.5) is 0 Å². The Morgan fingerprint density at radius 1 is 0.815 bits per heavy atom. The number of hydrogen-bond acceptors (Lipinski definition) is 6. The van der Waals surface area contributed by atoms with Crippen molar-refractivity contribution in [1.82, 2.24) is 20.2 Å². The second kappa shape index (κ2) is 7.49. The number of carbonyl (C=O) groups excluding carboxylic acids is 1. The molecule has 7 nitrogen and oxygen atoms in total. The highest BCUT2D eigenvalue weighted by Crippen LogP contribution is 2.26. The Balaban J connectivity index is 1.52. The summed E-state index contributed by atoms with van der Waals surface area (Å²) in [7, 11) is 0. The highest BCUT2D eigenvalue weighted by molar-refractivity contribution is 5.94. The first-order valence-electron chi connectivity index (χ1n) is 8.17. The average Bonchev–Trinajstić information content (AvgIpc) is 3.25. The highest BCUT2D eigenvalue weighted by Gasteiger charge is 2.15. The summed E-state index contributed by atoms with van der Waals surface area (Å²) < 4.78 is 12.8. The molecule has 0 saturated heterocycles. The molecule has 0 aliphatic carbocycles. The monoisotopic (exact) mass is 358 g/mol. The fraction of sp³-hybridized carbons (Fsp3) is 0. The van der Waals surface area contributed by atoms with E-state index in [0.29, 0.717) is 22.8 Å². The van der Waals surface area contributed by atoms with Crippen LogP contribution in [0.2, 0.25) is 0 Å². The molecule has 0 N–H and O–H groups in total. The Labute approximate surface area is 154 Å². The summed E-state index contributed by atoms with van der Waals surface area (Å²) in [6.07, 6.45) is 1.48. The van der Waals surface area contributed by atoms with E-state index in [-0.39, 0.29) is 0 Å². The van der Waals surface area contributed by atoms with E-state index in [1.54, 1.807) is 48.5 Å². The Hall–Kier alpha value is -4.00. The third kappa shape index (κ3) is 3.82. The number of tetrazole rings is 1. The number of ether oxygens (including phenoxy) is 2. The van der Waals surface area contributed by atoms with Gasteiger partial charge in [0.05, 0.1) is 5.69 Å². The predicted octanol–water partition coefficient (Wildman–Crippen LogP) is 3.67. The Kier molecular flexibility index (Phi) is 4.57. The standard InChI is InChI=1S/C20H14N4O3/c25-20(27-17-12-10-15(11-13-17)24-14-21-22-23-24)18-8-4-5-9-19(18)26-16-6-2-1-3-7-16/h1-14H. The molecule has 0 amide bonds. The maximum Gasteiger partial charge on any atom is 0.347 e. The van der Waals surface area contributed by atoms with Gasteiger partial charge in [-0.05, 0) is 59.0 Å². The van der Waals surface area contributed by atoms with Crippen molar-refractivity contribution in [1.29, 1.82) is 0 Å². The van der Waals surface area contributed by atoms with Crippen molar-refractivity contribution in [2.24, 2.45) is 0 Å². The Morgan fingerprint density at radius 3 is 2.30 bits per heavy atom. The summed E-state index contributed by atoms with van der Waals surface area (Å²) >= 11 is 0. The van der Waals surface area contributed by atoms with Gasteiger partial charge in [0.15, 0.2) is 0 Å². The summed E-state index contributed by atoms with van der Waals surface area (Å²) in [4.78, 5) is 12.6. The van der Waals surface area contributed by atoms with Crippen molar-refractivity contribution in [2.75, 3.05) is 0 Å². The fourth-order valence-corrected chi connectivity index (χ4v) is 2.45. The van der Waals surface area contributed by atoms with Crippen LogP contribution in [0.3, 0.4) is 0 Å².